The van der Waals surface area contributed by atoms with Gasteiger partial charge < -0.3 is 54.9 Å². The molecule has 0 saturated carbocycles. The molecule has 3 aromatic carbocycles. The monoisotopic (exact) mass is 848 g/mol. The first kappa shape index (κ1) is 50.2. The Balaban J connectivity index is 0.00000311. The Bertz CT molecular complexity index is 2080. The Morgan fingerprint density at radius 1 is 0.836 bits per heavy atom. The number of amides is 4. The van der Waals surface area contributed by atoms with Crippen molar-refractivity contribution in [2.24, 2.45) is 5.92 Å². The molecule has 0 radical (unpaired) electrons. The van der Waals surface area contributed by atoms with Crippen molar-refractivity contribution in [1.82, 2.24) is 21.0 Å². The lowest BCUT2D eigenvalue weighted by Gasteiger charge is -2.31. The van der Waals surface area contributed by atoms with E-state index in [-0.39, 0.29) is 47.9 Å². The summed E-state index contributed by atoms with van der Waals surface area (Å²) in [6.07, 6.45) is 3.99. The van der Waals surface area contributed by atoms with E-state index in [4.69, 9.17) is 29.3 Å². The molecule has 3 atom stereocenters. The van der Waals surface area contributed by atoms with Gasteiger partial charge in [-0.15, -0.1) is 0 Å². The van der Waals surface area contributed by atoms with Crippen LogP contribution in [0.25, 0.3) is 22.1 Å². The SMILES string of the molecule is CCCCCC(C(=O)NCNC(=O)c1ccc(-c2ccc(C(=O)NC(C=O)CC=O)c(OCC(=O)O)c2)o1)C(CC)N(C=O)OC(=O)c1ccc2ccccc2c1.CO.CO. The van der Waals surface area contributed by atoms with E-state index in [1.165, 1.54) is 30.3 Å². The van der Waals surface area contributed by atoms with Crippen molar-refractivity contribution in [3.05, 3.63) is 89.7 Å². The number of aliphatic hydroxyl groups is 2. The number of hydrogen-bond donors (Lipinski definition) is 6. The molecule has 6 N–H and O–H groups in total. The summed E-state index contributed by atoms with van der Waals surface area (Å²) in [6, 6.07) is 17.5. The average Bonchev–Trinajstić information content (AvgIpc) is 3.79. The summed E-state index contributed by atoms with van der Waals surface area (Å²) in [5.41, 5.74) is 0.426. The number of carbonyl (C=O) groups excluding carboxylic acids is 7. The Morgan fingerprint density at radius 3 is 2.20 bits per heavy atom. The van der Waals surface area contributed by atoms with Crippen LogP contribution in [0, 0.1) is 5.92 Å². The van der Waals surface area contributed by atoms with Crippen LogP contribution < -0.4 is 20.7 Å². The molecule has 0 aliphatic carbocycles. The number of ether oxygens (including phenoxy) is 1. The van der Waals surface area contributed by atoms with E-state index in [1.54, 1.807) is 25.1 Å². The molecule has 0 spiro atoms. The van der Waals surface area contributed by atoms with Crippen LogP contribution in [0.4, 0.5) is 0 Å². The third kappa shape index (κ3) is 15.0. The van der Waals surface area contributed by atoms with Gasteiger partial charge in [-0.1, -0.05) is 69.5 Å². The molecule has 0 aliphatic rings. The first-order chi connectivity index (χ1) is 29.5. The van der Waals surface area contributed by atoms with E-state index >= 15 is 0 Å². The van der Waals surface area contributed by atoms with Gasteiger partial charge in [-0.05, 0) is 60.0 Å². The van der Waals surface area contributed by atoms with Gasteiger partial charge in [0, 0.05) is 26.2 Å². The molecule has 3 unspecified atom stereocenters. The van der Waals surface area contributed by atoms with Gasteiger partial charge in [0.25, 0.3) is 11.8 Å². The number of furan rings is 1. The van der Waals surface area contributed by atoms with E-state index < -0.39 is 54.3 Å². The zero-order valence-corrected chi connectivity index (χ0v) is 34.3. The van der Waals surface area contributed by atoms with Crippen molar-refractivity contribution in [3.63, 3.8) is 0 Å². The van der Waals surface area contributed by atoms with Gasteiger partial charge in [0.2, 0.25) is 12.3 Å². The number of aldehydes is 2. The van der Waals surface area contributed by atoms with Crippen LogP contribution in [0.1, 0.15) is 83.6 Å². The van der Waals surface area contributed by atoms with Crippen LogP contribution in [-0.2, 0) is 28.8 Å². The van der Waals surface area contributed by atoms with Crippen molar-refractivity contribution in [2.75, 3.05) is 27.5 Å². The maximum atomic E-state index is 13.6. The largest absolute Gasteiger partial charge is 0.481 e. The second-order valence-corrected chi connectivity index (χ2v) is 12.9. The smallest absolute Gasteiger partial charge is 0.363 e. The number of rotatable bonds is 23. The van der Waals surface area contributed by atoms with Crippen LogP contribution in [0.5, 0.6) is 5.75 Å². The van der Waals surface area contributed by atoms with Crippen LogP contribution in [-0.4, -0.2) is 109 Å². The van der Waals surface area contributed by atoms with E-state index in [9.17, 15) is 38.4 Å². The van der Waals surface area contributed by atoms with Crippen molar-refractivity contribution in [1.29, 1.82) is 0 Å². The summed E-state index contributed by atoms with van der Waals surface area (Å²) in [5.74, 6) is -4.98. The standard InChI is InChI=1S/C41H44N4O12.2CH4O/c1-3-5-6-11-31(33(4-2)45(25-48)57-41(54)29-13-12-26-9-7-8-10-27(26)20-29)38(51)42-24-43-40(53)35-17-16-34(56-35)28-14-15-32(36(21-28)55-23-37(49)50)39(52)44-30(22-47)18-19-46;2*1-2/h7-10,12-17,19-22,25,30-31,33H,3-6,11,18,23-24H2,1-2H3,(H,42,51)(H,43,53)(H,44,52)(H,49,50);2*2H,1H3. The zero-order valence-electron chi connectivity index (χ0n) is 34.3. The first-order valence-electron chi connectivity index (χ1n) is 19.2. The van der Waals surface area contributed by atoms with Gasteiger partial charge in [0.05, 0.1) is 35.8 Å². The molecule has 4 aromatic rings. The van der Waals surface area contributed by atoms with Gasteiger partial charge >= 0.3 is 11.9 Å². The van der Waals surface area contributed by atoms with Crippen molar-refractivity contribution < 1.29 is 67.7 Å². The minimum atomic E-state index is -1.32. The fourth-order valence-corrected chi connectivity index (χ4v) is 6.05. The fraction of sp³-hybridized carbons (Fsp3) is 0.349. The summed E-state index contributed by atoms with van der Waals surface area (Å²) < 4.78 is 11.0. The Labute approximate surface area is 352 Å². The number of benzene rings is 3. The van der Waals surface area contributed by atoms with Crippen LogP contribution >= 0.6 is 0 Å². The second kappa shape index (κ2) is 27.0. The Kier molecular flexibility index (Phi) is 22.2. The molecule has 18 nitrogen and oxygen atoms in total. The molecule has 4 rings (SSSR count). The van der Waals surface area contributed by atoms with Crippen molar-refractivity contribution >= 4 is 59.4 Å². The van der Waals surface area contributed by atoms with Crippen LogP contribution in [0.2, 0.25) is 0 Å². The number of carbonyl (C=O) groups is 8. The van der Waals surface area contributed by atoms with Gasteiger partial charge in [-0.25, -0.2) is 9.59 Å². The summed E-state index contributed by atoms with van der Waals surface area (Å²) in [4.78, 5) is 104. The number of unbranched alkanes of at least 4 members (excludes halogenated alkanes) is 2. The van der Waals surface area contributed by atoms with Gasteiger partial charge in [-0.2, -0.15) is 5.06 Å². The number of carboxylic acid groups (broad SMARTS) is 1. The molecule has 328 valence electrons. The predicted molar refractivity (Wildman–Crippen MR) is 221 cm³/mol. The summed E-state index contributed by atoms with van der Waals surface area (Å²) in [6.45, 7) is 2.67. The van der Waals surface area contributed by atoms with Gasteiger partial charge in [-0.3, -0.25) is 19.2 Å². The molecule has 18 heteroatoms. The molecular weight excluding hydrogens is 796 g/mol. The molecular formula is C43H52N4O14. The summed E-state index contributed by atoms with van der Waals surface area (Å²) in [5, 5.41) is 33.4. The molecule has 4 amide bonds. The summed E-state index contributed by atoms with van der Waals surface area (Å²) >= 11 is 0. The number of aliphatic carboxylic acids is 1. The van der Waals surface area contributed by atoms with Gasteiger partial charge in [0.15, 0.2) is 12.4 Å². The maximum Gasteiger partial charge on any atom is 0.363 e. The lowest BCUT2D eigenvalue weighted by molar-refractivity contribution is -0.171. The van der Waals surface area contributed by atoms with E-state index in [2.05, 4.69) is 16.0 Å². The second-order valence-electron chi connectivity index (χ2n) is 12.9. The van der Waals surface area contributed by atoms with Crippen LogP contribution in [0.15, 0.2) is 77.2 Å². The highest BCUT2D eigenvalue weighted by molar-refractivity contribution is 5.99. The maximum absolute atomic E-state index is 13.6. The number of fused-ring (bicyclic) bond motifs is 1. The molecule has 61 heavy (non-hydrogen) atoms. The Morgan fingerprint density at radius 2 is 1.56 bits per heavy atom. The molecule has 0 saturated heterocycles. The minimum absolute atomic E-state index is 0.115. The van der Waals surface area contributed by atoms with Crippen molar-refractivity contribution in [3.8, 4) is 17.1 Å². The van der Waals surface area contributed by atoms with E-state index in [1.807, 2.05) is 31.2 Å². The lowest BCUT2D eigenvalue weighted by Crippen LogP contribution is -2.49. The number of nitrogens with zero attached hydrogens (tertiary/aromatic N) is 1. The highest BCUT2D eigenvalue weighted by Crippen LogP contribution is 2.30. The van der Waals surface area contributed by atoms with E-state index in [0.29, 0.717) is 37.4 Å². The number of carboxylic acids is 1. The predicted octanol–water partition coefficient (Wildman–Crippen LogP) is 3.68. The number of nitrogens with one attached hydrogen (secondary N) is 3. The highest BCUT2D eigenvalue weighted by atomic mass is 16.7. The van der Waals surface area contributed by atoms with Gasteiger partial charge in [0.1, 0.15) is 24.1 Å². The summed E-state index contributed by atoms with van der Waals surface area (Å²) in [7, 11) is 2.00. The quantitative estimate of drug-likeness (QED) is 0.0269. The number of hydrogen-bond acceptors (Lipinski definition) is 13. The molecule has 0 aliphatic heterocycles. The highest BCUT2D eigenvalue weighted by Gasteiger charge is 2.34. The zero-order chi connectivity index (χ0) is 45.3. The first-order valence-corrected chi connectivity index (χ1v) is 19.2. The van der Waals surface area contributed by atoms with Crippen molar-refractivity contribution in [2.45, 2.75) is 64.5 Å². The topological polar surface area (TPSA) is 268 Å². The lowest BCUT2D eigenvalue weighted by atomic mass is 9.90. The molecule has 1 aromatic heterocycles. The fourth-order valence-electron chi connectivity index (χ4n) is 6.05. The minimum Gasteiger partial charge on any atom is -0.481 e. The third-order valence-corrected chi connectivity index (χ3v) is 8.98. The average molecular weight is 849 g/mol. The number of aliphatic hydroxyl groups excluding tert-OH is 2. The molecule has 0 bridgehead atoms. The third-order valence-electron chi connectivity index (χ3n) is 8.98. The normalized spacial score (nSPS) is 11.7. The van der Waals surface area contributed by atoms with Crippen LogP contribution in [0.3, 0.4) is 0 Å². The van der Waals surface area contributed by atoms with E-state index in [0.717, 1.165) is 42.9 Å². The number of hydroxylamine groups is 2. The molecule has 0 fully saturated rings. The molecule has 1 heterocycles. The Hall–Kier alpha value is -6.92.